The van der Waals surface area contributed by atoms with Crippen LogP contribution in [0.3, 0.4) is 0 Å². The van der Waals surface area contributed by atoms with E-state index < -0.39 is 0 Å². The molecular weight excluding hydrogens is 277 g/mol. The van der Waals surface area contributed by atoms with Gasteiger partial charge in [0.2, 0.25) is 0 Å². The molecule has 0 radical (unpaired) electrons. The van der Waals surface area contributed by atoms with Crippen molar-refractivity contribution in [3.63, 3.8) is 0 Å². The van der Waals surface area contributed by atoms with Crippen molar-refractivity contribution in [3.8, 4) is 0 Å². The van der Waals surface area contributed by atoms with Crippen molar-refractivity contribution in [2.45, 2.75) is 26.8 Å². The van der Waals surface area contributed by atoms with Gasteiger partial charge in [-0.3, -0.25) is 0 Å². The molecule has 1 unspecified atom stereocenters. The summed E-state index contributed by atoms with van der Waals surface area (Å²) in [6.45, 7) is 6.32. The first kappa shape index (κ1) is 14.2. The van der Waals surface area contributed by atoms with Gasteiger partial charge in [-0.25, -0.2) is 0 Å². The minimum atomic E-state index is 0.130. The summed E-state index contributed by atoms with van der Waals surface area (Å²) in [5.74, 6) is 0. The molecule has 1 nitrogen and oxygen atoms in total. The van der Waals surface area contributed by atoms with Crippen LogP contribution in [0.4, 0.5) is 5.69 Å². The van der Waals surface area contributed by atoms with Crippen molar-refractivity contribution < 1.29 is 0 Å². The van der Waals surface area contributed by atoms with Crippen LogP contribution in [0.15, 0.2) is 36.4 Å². The Kier molecular flexibility index (Phi) is 4.38. The summed E-state index contributed by atoms with van der Waals surface area (Å²) >= 11 is 12.2. The summed E-state index contributed by atoms with van der Waals surface area (Å²) < 4.78 is 0. The van der Waals surface area contributed by atoms with Gasteiger partial charge in [0.05, 0.1) is 6.04 Å². The Balaban J connectivity index is 2.25. The molecule has 19 heavy (non-hydrogen) atoms. The zero-order valence-corrected chi connectivity index (χ0v) is 12.8. The lowest BCUT2D eigenvalue weighted by Gasteiger charge is -2.19. The van der Waals surface area contributed by atoms with Gasteiger partial charge < -0.3 is 5.32 Å². The molecule has 3 heteroatoms. The Hall–Kier alpha value is -1.18. The SMILES string of the molecule is Cc1cccc(NC(C)c2ccc(Cl)cc2Cl)c1C. The van der Waals surface area contributed by atoms with Crippen LogP contribution < -0.4 is 5.32 Å². The van der Waals surface area contributed by atoms with Gasteiger partial charge in [0.25, 0.3) is 0 Å². The molecule has 1 N–H and O–H groups in total. The lowest BCUT2D eigenvalue weighted by Crippen LogP contribution is -2.08. The molecule has 0 saturated heterocycles. The van der Waals surface area contributed by atoms with Crippen LogP contribution in [0.1, 0.15) is 29.7 Å². The number of benzene rings is 2. The monoisotopic (exact) mass is 293 g/mol. The molecule has 0 bridgehead atoms. The van der Waals surface area contributed by atoms with Crippen LogP contribution in [0.25, 0.3) is 0 Å². The lowest BCUT2D eigenvalue weighted by molar-refractivity contribution is 0.882. The van der Waals surface area contributed by atoms with Crippen LogP contribution in [0, 0.1) is 13.8 Å². The highest BCUT2D eigenvalue weighted by molar-refractivity contribution is 6.35. The highest BCUT2D eigenvalue weighted by Crippen LogP contribution is 2.29. The predicted molar refractivity (Wildman–Crippen MR) is 84.4 cm³/mol. The zero-order valence-electron chi connectivity index (χ0n) is 11.3. The van der Waals surface area contributed by atoms with E-state index in [1.165, 1.54) is 11.1 Å². The van der Waals surface area contributed by atoms with Crippen LogP contribution in [-0.2, 0) is 0 Å². The van der Waals surface area contributed by atoms with E-state index in [-0.39, 0.29) is 6.04 Å². The summed E-state index contributed by atoms with van der Waals surface area (Å²) in [7, 11) is 0. The summed E-state index contributed by atoms with van der Waals surface area (Å²) in [6, 6.07) is 12.0. The average molecular weight is 294 g/mol. The second-order valence-corrected chi connectivity index (χ2v) is 5.62. The quantitative estimate of drug-likeness (QED) is 0.756. The van der Waals surface area contributed by atoms with Crippen molar-refractivity contribution >= 4 is 28.9 Å². The molecule has 2 aromatic rings. The van der Waals surface area contributed by atoms with Crippen molar-refractivity contribution in [1.29, 1.82) is 0 Å². The Bertz CT molecular complexity index is 593. The Morgan fingerprint density at radius 2 is 1.79 bits per heavy atom. The number of anilines is 1. The normalized spacial score (nSPS) is 12.3. The third-order valence-corrected chi connectivity index (χ3v) is 3.97. The number of hydrogen-bond donors (Lipinski definition) is 1. The Morgan fingerprint density at radius 1 is 1.05 bits per heavy atom. The second kappa shape index (κ2) is 5.85. The van der Waals surface area contributed by atoms with E-state index in [0.717, 1.165) is 11.3 Å². The summed E-state index contributed by atoms with van der Waals surface area (Å²) in [6.07, 6.45) is 0. The zero-order chi connectivity index (χ0) is 14.0. The third kappa shape index (κ3) is 3.23. The predicted octanol–water partition coefficient (Wildman–Crippen LogP) is 5.78. The summed E-state index contributed by atoms with van der Waals surface area (Å²) in [5.41, 5.74) is 4.73. The number of halogens is 2. The van der Waals surface area contributed by atoms with Crippen LogP contribution in [0.5, 0.6) is 0 Å². The second-order valence-electron chi connectivity index (χ2n) is 4.78. The van der Waals surface area contributed by atoms with E-state index in [1.54, 1.807) is 6.07 Å². The number of nitrogens with one attached hydrogen (secondary N) is 1. The van der Waals surface area contributed by atoms with Crippen molar-refractivity contribution in [1.82, 2.24) is 0 Å². The molecule has 2 rings (SSSR count). The largest absolute Gasteiger partial charge is 0.378 e. The molecule has 0 aromatic heterocycles. The number of rotatable bonds is 3. The van der Waals surface area contributed by atoms with Gasteiger partial charge in [0, 0.05) is 15.7 Å². The van der Waals surface area contributed by atoms with E-state index in [4.69, 9.17) is 23.2 Å². The smallest absolute Gasteiger partial charge is 0.0500 e. The molecule has 0 spiro atoms. The fraction of sp³-hybridized carbons (Fsp3) is 0.250. The molecule has 0 aliphatic heterocycles. The third-order valence-electron chi connectivity index (χ3n) is 3.41. The maximum Gasteiger partial charge on any atom is 0.0500 e. The topological polar surface area (TPSA) is 12.0 Å². The average Bonchev–Trinajstić information content (AvgIpc) is 2.34. The first-order valence-corrected chi connectivity index (χ1v) is 7.02. The highest BCUT2D eigenvalue weighted by atomic mass is 35.5. The Morgan fingerprint density at radius 3 is 2.47 bits per heavy atom. The molecule has 0 amide bonds. The van der Waals surface area contributed by atoms with Crippen LogP contribution in [-0.4, -0.2) is 0 Å². The van der Waals surface area contributed by atoms with Gasteiger partial charge >= 0.3 is 0 Å². The summed E-state index contributed by atoms with van der Waals surface area (Å²) in [4.78, 5) is 0. The minimum Gasteiger partial charge on any atom is -0.378 e. The van der Waals surface area contributed by atoms with Gasteiger partial charge in [0.1, 0.15) is 0 Å². The highest BCUT2D eigenvalue weighted by Gasteiger charge is 2.11. The number of hydrogen-bond acceptors (Lipinski definition) is 1. The maximum atomic E-state index is 6.24. The molecular formula is C16H17Cl2N. The minimum absolute atomic E-state index is 0.130. The van der Waals surface area contributed by atoms with Gasteiger partial charge in [-0.2, -0.15) is 0 Å². The van der Waals surface area contributed by atoms with Crippen molar-refractivity contribution in [2.24, 2.45) is 0 Å². The molecule has 100 valence electrons. The van der Waals surface area contributed by atoms with Crippen molar-refractivity contribution in [3.05, 3.63) is 63.1 Å². The number of aryl methyl sites for hydroxylation is 1. The van der Waals surface area contributed by atoms with E-state index in [9.17, 15) is 0 Å². The van der Waals surface area contributed by atoms with E-state index >= 15 is 0 Å². The van der Waals surface area contributed by atoms with E-state index in [2.05, 4.69) is 44.3 Å². The molecule has 1 atom stereocenters. The molecule has 0 aliphatic rings. The van der Waals surface area contributed by atoms with Crippen LogP contribution in [0.2, 0.25) is 10.0 Å². The molecule has 0 heterocycles. The van der Waals surface area contributed by atoms with Gasteiger partial charge in [-0.05, 0) is 55.7 Å². The van der Waals surface area contributed by atoms with E-state index in [1.807, 2.05) is 12.1 Å². The standard InChI is InChI=1S/C16H17Cl2N/c1-10-5-4-6-16(11(10)2)19-12(3)14-8-7-13(17)9-15(14)18/h4-9,12,19H,1-3H3. The molecule has 2 aromatic carbocycles. The fourth-order valence-electron chi connectivity index (χ4n) is 2.07. The van der Waals surface area contributed by atoms with Gasteiger partial charge in [-0.1, -0.05) is 41.4 Å². The van der Waals surface area contributed by atoms with Crippen molar-refractivity contribution in [2.75, 3.05) is 5.32 Å². The van der Waals surface area contributed by atoms with E-state index in [0.29, 0.717) is 10.0 Å². The first-order chi connectivity index (χ1) is 8.99. The van der Waals surface area contributed by atoms with Gasteiger partial charge in [0.15, 0.2) is 0 Å². The molecule has 0 aliphatic carbocycles. The fourth-order valence-corrected chi connectivity index (χ4v) is 2.64. The summed E-state index contributed by atoms with van der Waals surface area (Å²) in [5, 5.41) is 4.85. The molecule has 0 saturated carbocycles. The molecule has 0 fully saturated rings. The van der Waals surface area contributed by atoms with Crippen LogP contribution >= 0.6 is 23.2 Å². The first-order valence-electron chi connectivity index (χ1n) is 6.26. The Labute approximate surface area is 124 Å². The maximum absolute atomic E-state index is 6.24. The lowest BCUT2D eigenvalue weighted by atomic mass is 10.0. The van der Waals surface area contributed by atoms with Gasteiger partial charge in [-0.15, -0.1) is 0 Å².